The second-order valence-corrected chi connectivity index (χ2v) is 2.67. The molecule has 0 aromatic heterocycles. The van der Waals surface area contributed by atoms with E-state index in [2.05, 4.69) is 0 Å². The molecule has 2 rings (SSSR count). The van der Waals surface area contributed by atoms with E-state index in [0.717, 1.165) is 17.2 Å². The molecular formula is C9H11NO3. The normalized spacial score (nSPS) is 14.2. The van der Waals surface area contributed by atoms with Gasteiger partial charge < -0.3 is 9.47 Å². The van der Waals surface area contributed by atoms with Crippen LogP contribution < -0.4 is 14.5 Å². The summed E-state index contributed by atoms with van der Waals surface area (Å²) in [6, 6.07) is 5.59. The van der Waals surface area contributed by atoms with Gasteiger partial charge in [0.15, 0.2) is 6.73 Å². The van der Waals surface area contributed by atoms with Gasteiger partial charge >= 0.3 is 0 Å². The second kappa shape index (κ2) is 3.14. The number of anilines is 1. The van der Waals surface area contributed by atoms with Crippen LogP contribution in [-0.4, -0.2) is 21.0 Å². The summed E-state index contributed by atoms with van der Waals surface area (Å²) in [6.45, 7) is 0.615. The highest BCUT2D eigenvalue weighted by atomic mass is 16.8. The van der Waals surface area contributed by atoms with Crippen molar-refractivity contribution in [3.8, 4) is 11.5 Å². The van der Waals surface area contributed by atoms with Gasteiger partial charge in [0.1, 0.15) is 17.2 Å². The summed E-state index contributed by atoms with van der Waals surface area (Å²) in [5.74, 6) is 1.59. The van der Waals surface area contributed by atoms with Gasteiger partial charge in [-0.1, -0.05) is 0 Å². The molecule has 1 aromatic rings. The number of methoxy groups -OCH3 is 2. The maximum atomic E-state index is 5.17. The number of ether oxygens (including phenoxy) is 2. The van der Waals surface area contributed by atoms with E-state index in [1.807, 2.05) is 18.2 Å². The van der Waals surface area contributed by atoms with E-state index in [9.17, 15) is 0 Å². The van der Waals surface area contributed by atoms with Crippen molar-refractivity contribution in [1.29, 1.82) is 0 Å². The molecule has 1 aliphatic heterocycles. The predicted octanol–water partition coefficient (Wildman–Crippen LogP) is 1.41. The van der Waals surface area contributed by atoms with Crippen LogP contribution >= 0.6 is 0 Å². The molecule has 1 aromatic carbocycles. The molecule has 0 atom stereocenters. The molecule has 70 valence electrons. The minimum absolute atomic E-state index is 0.615. The van der Waals surface area contributed by atoms with Crippen LogP contribution in [0, 0.1) is 0 Å². The standard InChI is InChI=1S/C9H11NO3/c1-11-7-3-4-9(12-2)8(5-7)10-6-13-10/h3-5H,6H2,1-2H3. The highest BCUT2D eigenvalue weighted by Gasteiger charge is 2.24. The molecule has 1 aliphatic rings. The fourth-order valence-electron chi connectivity index (χ4n) is 1.16. The molecule has 0 unspecified atom stereocenters. The smallest absolute Gasteiger partial charge is 0.171 e. The van der Waals surface area contributed by atoms with Gasteiger partial charge in [-0.05, 0) is 12.1 Å². The lowest BCUT2D eigenvalue weighted by Crippen LogP contribution is -1.95. The van der Waals surface area contributed by atoms with Crippen LogP contribution in [0.4, 0.5) is 5.69 Å². The largest absolute Gasteiger partial charge is 0.497 e. The summed E-state index contributed by atoms with van der Waals surface area (Å²) >= 11 is 0. The Hall–Kier alpha value is -1.42. The highest BCUT2D eigenvalue weighted by molar-refractivity contribution is 5.61. The third-order valence-corrected chi connectivity index (χ3v) is 1.91. The molecule has 0 spiro atoms. The summed E-state index contributed by atoms with van der Waals surface area (Å²) in [6.07, 6.45) is 0. The summed E-state index contributed by atoms with van der Waals surface area (Å²) in [5.41, 5.74) is 0.904. The molecule has 0 N–H and O–H groups in total. The summed E-state index contributed by atoms with van der Waals surface area (Å²) in [5, 5.41) is 1.74. The van der Waals surface area contributed by atoms with Gasteiger partial charge in [-0.3, -0.25) is 0 Å². The van der Waals surface area contributed by atoms with Gasteiger partial charge in [-0.25, -0.2) is 9.90 Å². The van der Waals surface area contributed by atoms with Gasteiger partial charge in [0, 0.05) is 6.07 Å². The lowest BCUT2D eigenvalue weighted by atomic mass is 10.3. The minimum Gasteiger partial charge on any atom is -0.497 e. The quantitative estimate of drug-likeness (QED) is 0.660. The Morgan fingerprint density at radius 1 is 1.31 bits per heavy atom. The molecule has 0 bridgehead atoms. The average Bonchev–Trinajstić information content (AvgIpc) is 3.00. The number of hydrogen-bond acceptors (Lipinski definition) is 4. The van der Waals surface area contributed by atoms with E-state index in [0.29, 0.717) is 6.73 Å². The van der Waals surface area contributed by atoms with Crippen molar-refractivity contribution in [2.24, 2.45) is 0 Å². The number of benzene rings is 1. The predicted molar refractivity (Wildman–Crippen MR) is 48.0 cm³/mol. The number of rotatable bonds is 3. The monoisotopic (exact) mass is 181 g/mol. The Balaban J connectivity index is 2.35. The van der Waals surface area contributed by atoms with Crippen LogP contribution in [0.3, 0.4) is 0 Å². The maximum Gasteiger partial charge on any atom is 0.171 e. The van der Waals surface area contributed by atoms with E-state index in [4.69, 9.17) is 14.3 Å². The van der Waals surface area contributed by atoms with Crippen molar-refractivity contribution in [3.63, 3.8) is 0 Å². The van der Waals surface area contributed by atoms with E-state index >= 15 is 0 Å². The minimum atomic E-state index is 0.615. The molecule has 4 heteroatoms. The first kappa shape index (κ1) is 8.19. The summed E-state index contributed by atoms with van der Waals surface area (Å²) in [7, 11) is 3.27. The van der Waals surface area contributed by atoms with E-state index < -0.39 is 0 Å². The second-order valence-electron chi connectivity index (χ2n) is 2.67. The van der Waals surface area contributed by atoms with Gasteiger partial charge in [0.25, 0.3) is 0 Å². The van der Waals surface area contributed by atoms with Crippen molar-refractivity contribution in [2.45, 2.75) is 0 Å². The zero-order valence-electron chi connectivity index (χ0n) is 7.61. The third-order valence-electron chi connectivity index (χ3n) is 1.91. The van der Waals surface area contributed by atoms with Crippen molar-refractivity contribution in [3.05, 3.63) is 18.2 Å². The third kappa shape index (κ3) is 1.53. The van der Waals surface area contributed by atoms with E-state index in [-0.39, 0.29) is 0 Å². The SMILES string of the molecule is COc1ccc(OC)c(N2CO2)c1. The molecule has 0 aliphatic carbocycles. The van der Waals surface area contributed by atoms with Gasteiger partial charge in [-0.15, -0.1) is 0 Å². The zero-order chi connectivity index (χ0) is 9.26. The fourth-order valence-corrected chi connectivity index (χ4v) is 1.16. The van der Waals surface area contributed by atoms with Crippen LogP contribution in [0.1, 0.15) is 0 Å². The van der Waals surface area contributed by atoms with Gasteiger partial charge in [-0.2, -0.15) is 0 Å². The van der Waals surface area contributed by atoms with Crippen molar-refractivity contribution in [2.75, 3.05) is 26.0 Å². The van der Waals surface area contributed by atoms with Crippen LogP contribution in [0.15, 0.2) is 18.2 Å². The molecule has 1 heterocycles. The van der Waals surface area contributed by atoms with E-state index in [1.54, 1.807) is 19.3 Å². The molecule has 1 saturated heterocycles. The molecule has 0 saturated carbocycles. The van der Waals surface area contributed by atoms with Gasteiger partial charge in [0.05, 0.1) is 14.2 Å². The van der Waals surface area contributed by atoms with Crippen LogP contribution in [0.25, 0.3) is 0 Å². The first-order valence-corrected chi connectivity index (χ1v) is 3.97. The Morgan fingerprint density at radius 3 is 2.62 bits per heavy atom. The van der Waals surface area contributed by atoms with Crippen LogP contribution in [-0.2, 0) is 4.84 Å². The lowest BCUT2D eigenvalue weighted by Gasteiger charge is -2.08. The molecule has 4 nitrogen and oxygen atoms in total. The molecule has 13 heavy (non-hydrogen) atoms. The van der Waals surface area contributed by atoms with Gasteiger partial charge in [0.2, 0.25) is 0 Å². The molecular weight excluding hydrogens is 170 g/mol. The first-order valence-electron chi connectivity index (χ1n) is 3.97. The van der Waals surface area contributed by atoms with Crippen LogP contribution in [0.5, 0.6) is 11.5 Å². The van der Waals surface area contributed by atoms with Crippen molar-refractivity contribution < 1.29 is 14.3 Å². The summed E-state index contributed by atoms with van der Waals surface area (Å²) in [4.78, 5) is 5.03. The molecule has 0 radical (unpaired) electrons. The number of hydroxylamine groups is 1. The average molecular weight is 181 g/mol. The summed E-state index contributed by atoms with van der Waals surface area (Å²) < 4.78 is 10.3. The van der Waals surface area contributed by atoms with Crippen molar-refractivity contribution in [1.82, 2.24) is 0 Å². The topological polar surface area (TPSA) is 34.0 Å². The Morgan fingerprint density at radius 2 is 2.08 bits per heavy atom. The van der Waals surface area contributed by atoms with Crippen molar-refractivity contribution >= 4 is 5.69 Å². The highest BCUT2D eigenvalue weighted by Crippen LogP contribution is 2.35. The lowest BCUT2D eigenvalue weighted by molar-refractivity contribution is 0.397. The number of nitrogens with zero attached hydrogens (tertiary/aromatic N) is 1. The Kier molecular flexibility index (Phi) is 1.98. The zero-order valence-corrected chi connectivity index (χ0v) is 7.61. The molecule has 1 fully saturated rings. The Labute approximate surface area is 76.6 Å². The Bertz CT molecular complexity index is 310. The molecule has 0 amide bonds. The van der Waals surface area contributed by atoms with E-state index in [1.165, 1.54) is 0 Å². The first-order chi connectivity index (χ1) is 6.35. The maximum absolute atomic E-state index is 5.17. The van der Waals surface area contributed by atoms with Crippen LogP contribution in [0.2, 0.25) is 0 Å². The fraction of sp³-hybridized carbons (Fsp3) is 0.333. The number of hydrogen-bond donors (Lipinski definition) is 0.